The highest BCUT2D eigenvalue weighted by atomic mass is 16.5. The lowest BCUT2D eigenvalue weighted by molar-refractivity contribution is -0.166. The Balaban J connectivity index is 1.60. The molecule has 5 nitrogen and oxygen atoms in total. The van der Waals surface area contributed by atoms with Crippen LogP contribution in [0.5, 0.6) is 0 Å². The molecule has 0 amide bonds. The maximum atomic E-state index is 13.7. The molecule has 4 rings (SSSR count). The summed E-state index contributed by atoms with van der Waals surface area (Å²) in [5.74, 6) is 1.41. The summed E-state index contributed by atoms with van der Waals surface area (Å²) in [6.07, 6.45) is 5.87. The summed E-state index contributed by atoms with van der Waals surface area (Å²) in [5.41, 5.74) is -0.544. The third-order valence-corrected chi connectivity index (χ3v) is 9.94. The molecule has 8 atom stereocenters. The van der Waals surface area contributed by atoms with Crippen molar-refractivity contribution in [3.05, 3.63) is 0 Å². The largest absolute Gasteiger partial charge is 0.469 e. The molecule has 30 heavy (non-hydrogen) atoms. The van der Waals surface area contributed by atoms with Crippen molar-refractivity contribution in [1.29, 1.82) is 0 Å². The van der Waals surface area contributed by atoms with Crippen molar-refractivity contribution in [3.63, 3.8) is 0 Å². The summed E-state index contributed by atoms with van der Waals surface area (Å²) in [6, 6.07) is 0. The summed E-state index contributed by atoms with van der Waals surface area (Å²) < 4.78 is 4.80. The van der Waals surface area contributed by atoms with E-state index >= 15 is 0 Å². The quantitative estimate of drug-likeness (QED) is 0.643. The van der Waals surface area contributed by atoms with Crippen LogP contribution in [0.2, 0.25) is 0 Å². The first kappa shape index (κ1) is 21.7. The van der Waals surface area contributed by atoms with Gasteiger partial charge in [0.1, 0.15) is 17.3 Å². The Bertz CT molecular complexity index is 772. The molecule has 166 valence electrons. The van der Waals surface area contributed by atoms with Crippen LogP contribution in [0, 0.1) is 46.3 Å². The van der Waals surface area contributed by atoms with Crippen molar-refractivity contribution in [3.8, 4) is 0 Å². The number of ether oxygens (including phenoxy) is 1. The zero-order valence-electron chi connectivity index (χ0n) is 18.9. The van der Waals surface area contributed by atoms with Crippen LogP contribution in [0.3, 0.4) is 0 Å². The van der Waals surface area contributed by atoms with Gasteiger partial charge in [0.25, 0.3) is 0 Å². The second kappa shape index (κ2) is 7.56. The molecule has 0 aromatic carbocycles. The van der Waals surface area contributed by atoms with Crippen LogP contribution in [0.4, 0.5) is 0 Å². The van der Waals surface area contributed by atoms with Crippen LogP contribution in [-0.4, -0.2) is 30.4 Å². The summed E-state index contributed by atoms with van der Waals surface area (Å²) in [4.78, 5) is 50.7. The molecular formula is C25H36O5. The molecule has 4 aliphatic carbocycles. The van der Waals surface area contributed by atoms with E-state index in [2.05, 4.69) is 20.8 Å². The number of carbonyl (C=O) groups excluding carboxylic acids is 4. The predicted molar refractivity (Wildman–Crippen MR) is 111 cm³/mol. The van der Waals surface area contributed by atoms with Gasteiger partial charge in [-0.15, -0.1) is 0 Å². The lowest BCUT2D eigenvalue weighted by Crippen LogP contribution is -2.60. The average Bonchev–Trinajstić information content (AvgIpc) is 3.06. The first-order chi connectivity index (χ1) is 14.1. The highest BCUT2D eigenvalue weighted by Gasteiger charge is 2.66. The number of hydrogen-bond acceptors (Lipinski definition) is 5. The molecule has 0 N–H and O–H groups in total. The summed E-state index contributed by atoms with van der Waals surface area (Å²) >= 11 is 0. The van der Waals surface area contributed by atoms with Gasteiger partial charge in [-0.1, -0.05) is 20.8 Å². The summed E-state index contributed by atoms with van der Waals surface area (Å²) in [5, 5.41) is 0. The third kappa shape index (κ3) is 3.10. The smallest absolute Gasteiger partial charge is 0.305 e. The Morgan fingerprint density at radius 2 is 1.83 bits per heavy atom. The number of carbonyl (C=O) groups is 4. The van der Waals surface area contributed by atoms with Crippen molar-refractivity contribution in [2.24, 2.45) is 46.3 Å². The number of fused-ring (bicyclic) bond motifs is 5. The van der Waals surface area contributed by atoms with Gasteiger partial charge >= 0.3 is 5.97 Å². The van der Waals surface area contributed by atoms with E-state index in [1.165, 1.54) is 7.11 Å². The SMILES string of the molecule is COC(=O)CC[C@H](C)[C@H]1CC[C@@H]2[C@@H]3C(=O)C[C@@H]4CC(=O)CC[C@]4(C)[C@@H]3CC(=O)[C@@]21C. The minimum atomic E-state index is -0.472. The van der Waals surface area contributed by atoms with Gasteiger partial charge in [0.05, 0.1) is 7.11 Å². The van der Waals surface area contributed by atoms with Gasteiger partial charge in [-0.2, -0.15) is 0 Å². The van der Waals surface area contributed by atoms with Crippen molar-refractivity contribution >= 4 is 23.3 Å². The van der Waals surface area contributed by atoms with Crippen LogP contribution in [0.25, 0.3) is 0 Å². The minimum Gasteiger partial charge on any atom is -0.469 e. The van der Waals surface area contributed by atoms with Gasteiger partial charge in [-0.25, -0.2) is 0 Å². The van der Waals surface area contributed by atoms with Gasteiger partial charge in [-0.3, -0.25) is 19.2 Å². The molecule has 0 unspecified atom stereocenters. The molecule has 4 aliphatic rings. The molecule has 0 aromatic heterocycles. The maximum absolute atomic E-state index is 13.7. The van der Waals surface area contributed by atoms with E-state index in [-0.39, 0.29) is 52.7 Å². The molecule has 4 saturated carbocycles. The standard InChI is InChI=1S/C25H36O5/c1-14(5-8-22(29)30-4)17-6-7-18-23-19(13-21(28)25(17,18)3)24(2)10-9-16(26)11-15(24)12-20(23)27/h14-15,17-19,23H,5-13H2,1-4H3/t14-,15-,17+,18+,19+,23-,24-,25+/m0/s1. The molecular weight excluding hydrogens is 380 g/mol. The normalized spacial score (nSPS) is 44.1. The fourth-order valence-electron chi connectivity index (χ4n) is 8.04. The van der Waals surface area contributed by atoms with Crippen molar-refractivity contribution < 1.29 is 23.9 Å². The molecule has 0 bridgehead atoms. The monoisotopic (exact) mass is 416 g/mol. The van der Waals surface area contributed by atoms with Gasteiger partial charge in [0.15, 0.2) is 0 Å². The molecule has 4 fully saturated rings. The van der Waals surface area contributed by atoms with Gasteiger partial charge < -0.3 is 4.74 Å². The Labute approximate surface area is 179 Å². The maximum Gasteiger partial charge on any atom is 0.305 e. The zero-order valence-corrected chi connectivity index (χ0v) is 18.9. The minimum absolute atomic E-state index is 0.0417. The zero-order chi connectivity index (χ0) is 21.8. The molecule has 0 radical (unpaired) electrons. The lowest BCUT2D eigenvalue weighted by atomic mass is 9.44. The van der Waals surface area contributed by atoms with Crippen molar-refractivity contribution in [2.45, 2.75) is 78.6 Å². The fourth-order valence-corrected chi connectivity index (χ4v) is 8.04. The lowest BCUT2D eigenvalue weighted by Gasteiger charge is -2.58. The Kier molecular flexibility index (Phi) is 5.47. The van der Waals surface area contributed by atoms with Gasteiger partial charge in [0, 0.05) is 43.4 Å². The van der Waals surface area contributed by atoms with Gasteiger partial charge in [-0.05, 0) is 60.7 Å². The molecule has 0 spiro atoms. The average molecular weight is 417 g/mol. The van der Waals surface area contributed by atoms with E-state index in [0.717, 1.165) is 25.7 Å². The van der Waals surface area contributed by atoms with Crippen LogP contribution >= 0.6 is 0 Å². The summed E-state index contributed by atoms with van der Waals surface area (Å²) in [6.45, 7) is 6.50. The fraction of sp³-hybridized carbons (Fsp3) is 0.840. The number of rotatable bonds is 4. The van der Waals surface area contributed by atoms with Crippen LogP contribution in [0.1, 0.15) is 78.6 Å². The Morgan fingerprint density at radius 3 is 2.53 bits per heavy atom. The predicted octanol–water partition coefficient (Wildman–Crippen LogP) is 4.16. The number of esters is 1. The highest BCUT2D eigenvalue weighted by Crippen LogP contribution is 2.66. The first-order valence-corrected chi connectivity index (χ1v) is 11.8. The second-order valence-electron chi connectivity index (χ2n) is 11.0. The third-order valence-electron chi connectivity index (χ3n) is 9.94. The van der Waals surface area contributed by atoms with Crippen LogP contribution in [-0.2, 0) is 23.9 Å². The first-order valence-electron chi connectivity index (χ1n) is 11.8. The van der Waals surface area contributed by atoms with E-state index < -0.39 is 5.41 Å². The van der Waals surface area contributed by atoms with E-state index in [1.807, 2.05) is 0 Å². The number of Topliss-reactive ketones (excluding diaryl/α,β-unsaturated/α-hetero) is 3. The van der Waals surface area contributed by atoms with Crippen LogP contribution in [0.15, 0.2) is 0 Å². The number of methoxy groups -OCH3 is 1. The highest BCUT2D eigenvalue weighted by molar-refractivity contribution is 5.93. The Hall–Kier alpha value is -1.52. The molecule has 0 heterocycles. The van der Waals surface area contributed by atoms with E-state index in [4.69, 9.17) is 4.74 Å². The number of ketones is 3. The van der Waals surface area contributed by atoms with E-state index in [9.17, 15) is 19.2 Å². The van der Waals surface area contributed by atoms with Crippen molar-refractivity contribution in [1.82, 2.24) is 0 Å². The summed E-state index contributed by atoms with van der Waals surface area (Å²) in [7, 11) is 1.41. The second-order valence-corrected chi connectivity index (χ2v) is 11.0. The molecule has 0 aliphatic heterocycles. The van der Waals surface area contributed by atoms with Crippen molar-refractivity contribution in [2.75, 3.05) is 7.11 Å². The number of hydrogen-bond donors (Lipinski definition) is 0. The van der Waals surface area contributed by atoms with E-state index in [0.29, 0.717) is 43.7 Å². The molecule has 5 heteroatoms. The topological polar surface area (TPSA) is 77.5 Å². The van der Waals surface area contributed by atoms with Crippen LogP contribution < -0.4 is 0 Å². The Morgan fingerprint density at radius 1 is 1.10 bits per heavy atom. The van der Waals surface area contributed by atoms with E-state index in [1.54, 1.807) is 0 Å². The molecule has 0 aromatic rings. The molecule has 0 saturated heterocycles. The van der Waals surface area contributed by atoms with Gasteiger partial charge in [0.2, 0.25) is 0 Å².